The first-order chi connectivity index (χ1) is 18.1. The molecule has 2 aromatic rings. The van der Waals surface area contributed by atoms with Crippen molar-refractivity contribution in [2.24, 2.45) is 17.6 Å². The summed E-state index contributed by atoms with van der Waals surface area (Å²) < 4.78 is 6.21. The lowest BCUT2D eigenvalue weighted by Crippen LogP contribution is -2.53. The summed E-state index contributed by atoms with van der Waals surface area (Å²) in [6, 6.07) is 7.21. The number of nitrogens with zero attached hydrogens (tertiary/aromatic N) is 1. The van der Waals surface area contributed by atoms with E-state index in [1.807, 2.05) is 12.1 Å². The molecule has 4 aliphatic rings. The van der Waals surface area contributed by atoms with Gasteiger partial charge in [0.25, 0.3) is 5.91 Å². The standard InChI is InChI=1S/C29H30N2O7/c1-14-23-15(10-16-12-21(33)25(28(30)36)27(35)29(16,37)26(23)34)11-19-18(5-6-20(32)24(14)19)22-7-4-17(38-22)13-31-8-2-3-9-31/h4-7,15-16,32,34-35,37H,1-3,8-13H2,(H2,30,36)/t15?,16-,29-/m0/s1. The molecule has 3 aliphatic carbocycles. The number of nitrogens with two attached hydrogens (primary N) is 1. The molecular weight excluding hydrogens is 488 g/mol. The molecule has 0 saturated carbocycles. The Morgan fingerprint density at radius 2 is 1.84 bits per heavy atom. The van der Waals surface area contributed by atoms with Gasteiger partial charge in [-0.25, -0.2) is 0 Å². The summed E-state index contributed by atoms with van der Waals surface area (Å²) in [5.41, 5.74) is 4.83. The molecule has 0 bridgehead atoms. The van der Waals surface area contributed by atoms with Crippen LogP contribution in [0.3, 0.4) is 0 Å². The molecular formula is C29H30N2O7. The van der Waals surface area contributed by atoms with E-state index in [0.717, 1.165) is 36.5 Å². The molecule has 6 N–H and O–H groups in total. The number of likely N-dealkylation sites (tertiary alicyclic amines) is 1. The Labute approximate surface area is 219 Å². The van der Waals surface area contributed by atoms with Crippen molar-refractivity contribution >= 4 is 17.3 Å². The zero-order valence-electron chi connectivity index (χ0n) is 20.9. The number of fused-ring (bicyclic) bond motifs is 3. The van der Waals surface area contributed by atoms with Crippen LogP contribution in [-0.2, 0) is 22.6 Å². The Bertz CT molecular complexity index is 1460. The van der Waals surface area contributed by atoms with E-state index in [1.54, 1.807) is 12.1 Å². The Morgan fingerprint density at radius 1 is 1.11 bits per heavy atom. The number of carbonyl (C=O) groups is 2. The van der Waals surface area contributed by atoms with Crippen molar-refractivity contribution in [1.29, 1.82) is 0 Å². The van der Waals surface area contributed by atoms with Gasteiger partial charge in [-0.1, -0.05) is 6.58 Å². The summed E-state index contributed by atoms with van der Waals surface area (Å²) in [5.74, 6) is -3.09. The molecule has 2 heterocycles. The van der Waals surface area contributed by atoms with Gasteiger partial charge in [-0.15, -0.1) is 0 Å². The van der Waals surface area contributed by atoms with E-state index in [1.165, 1.54) is 12.8 Å². The molecule has 0 spiro atoms. The number of carbonyl (C=O) groups excluding carboxylic acids is 2. The minimum Gasteiger partial charge on any atom is -0.508 e. The molecule has 9 heteroatoms. The van der Waals surface area contributed by atoms with E-state index in [2.05, 4.69) is 11.5 Å². The quantitative estimate of drug-likeness (QED) is 0.386. The maximum Gasteiger partial charge on any atom is 0.255 e. The highest BCUT2D eigenvalue weighted by atomic mass is 16.4. The third-order valence-electron chi connectivity index (χ3n) is 8.61. The van der Waals surface area contributed by atoms with Crippen molar-refractivity contribution in [2.75, 3.05) is 13.1 Å². The van der Waals surface area contributed by atoms with E-state index < -0.39 is 40.3 Å². The first-order valence-electron chi connectivity index (χ1n) is 12.9. The van der Waals surface area contributed by atoms with Crippen molar-refractivity contribution < 1.29 is 34.4 Å². The lowest BCUT2D eigenvalue weighted by molar-refractivity contribution is -0.128. The van der Waals surface area contributed by atoms with Crippen LogP contribution in [0.4, 0.5) is 0 Å². The molecule has 1 aliphatic heterocycles. The third-order valence-corrected chi connectivity index (χ3v) is 8.61. The number of allylic oxidation sites excluding steroid dienone is 2. The summed E-state index contributed by atoms with van der Waals surface area (Å²) >= 11 is 0. The molecule has 1 fully saturated rings. The second-order valence-electron chi connectivity index (χ2n) is 10.8. The predicted octanol–water partition coefficient (Wildman–Crippen LogP) is 3.27. The van der Waals surface area contributed by atoms with Gasteiger partial charge >= 0.3 is 0 Å². The van der Waals surface area contributed by atoms with Crippen LogP contribution < -0.4 is 5.73 Å². The minimum absolute atomic E-state index is 0.0399. The summed E-state index contributed by atoms with van der Waals surface area (Å²) in [4.78, 5) is 26.8. The summed E-state index contributed by atoms with van der Waals surface area (Å²) in [7, 11) is 0. The Balaban J connectivity index is 1.43. The molecule has 3 atom stereocenters. The molecule has 6 rings (SSSR count). The van der Waals surface area contributed by atoms with Crippen LogP contribution in [0, 0.1) is 11.8 Å². The lowest BCUT2D eigenvalue weighted by atomic mass is 9.60. The average molecular weight is 519 g/mol. The highest BCUT2D eigenvalue weighted by Gasteiger charge is 2.57. The number of rotatable bonds is 4. The highest BCUT2D eigenvalue weighted by Crippen LogP contribution is 2.56. The number of amides is 1. The van der Waals surface area contributed by atoms with Crippen LogP contribution in [0.15, 0.2) is 57.9 Å². The maximum atomic E-state index is 12.6. The second-order valence-corrected chi connectivity index (χ2v) is 10.8. The number of primary amides is 1. The van der Waals surface area contributed by atoms with E-state index in [4.69, 9.17) is 10.2 Å². The summed E-state index contributed by atoms with van der Waals surface area (Å²) in [5, 5.41) is 44.4. The number of furan rings is 1. The van der Waals surface area contributed by atoms with Crippen molar-refractivity contribution in [2.45, 2.75) is 44.2 Å². The fraction of sp³-hybridized carbons (Fsp3) is 0.379. The first-order valence-corrected chi connectivity index (χ1v) is 12.9. The maximum absolute atomic E-state index is 12.6. The van der Waals surface area contributed by atoms with Gasteiger partial charge in [-0.05, 0) is 80.1 Å². The van der Waals surface area contributed by atoms with Crippen LogP contribution >= 0.6 is 0 Å². The van der Waals surface area contributed by atoms with E-state index >= 15 is 0 Å². The fourth-order valence-electron chi connectivity index (χ4n) is 6.80. The first kappa shape index (κ1) is 24.5. The number of aliphatic hydroxyl groups is 3. The van der Waals surface area contributed by atoms with E-state index in [-0.39, 0.29) is 30.1 Å². The van der Waals surface area contributed by atoms with Crippen LogP contribution in [0.2, 0.25) is 0 Å². The minimum atomic E-state index is -2.34. The molecule has 0 radical (unpaired) electrons. The molecule has 1 aromatic carbocycles. The smallest absolute Gasteiger partial charge is 0.255 e. The second kappa shape index (κ2) is 8.61. The number of benzene rings is 1. The van der Waals surface area contributed by atoms with Gasteiger partial charge < -0.3 is 30.6 Å². The molecule has 1 aromatic heterocycles. The molecule has 198 valence electrons. The fourth-order valence-corrected chi connectivity index (χ4v) is 6.80. The van der Waals surface area contributed by atoms with Gasteiger partial charge in [0, 0.05) is 29.0 Å². The van der Waals surface area contributed by atoms with Crippen LogP contribution in [0.1, 0.15) is 42.6 Å². The van der Waals surface area contributed by atoms with Crippen molar-refractivity contribution in [3.05, 3.63) is 70.4 Å². The number of hydrogen-bond acceptors (Lipinski definition) is 8. The van der Waals surface area contributed by atoms with Gasteiger partial charge in [0.15, 0.2) is 11.4 Å². The molecule has 1 amide bonds. The Kier molecular flexibility index (Phi) is 5.55. The zero-order chi connectivity index (χ0) is 26.9. The largest absolute Gasteiger partial charge is 0.508 e. The van der Waals surface area contributed by atoms with Crippen LogP contribution in [-0.4, -0.2) is 55.7 Å². The highest BCUT2D eigenvalue weighted by molar-refractivity contribution is 6.20. The number of Topliss-reactive ketones (excluding diaryl/α,β-unsaturated/α-hetero) is 1. The number of ketones is 1. The molecule has 1 unspecified atom stereocenters. The van der Waals surface area contributed by atoms with Gasteiger partial charge in [0.2, 0.25) is 0 Å². The molecule has 38 heavy (non-hydrogen) atoms. The molecule has 1 saturated heterocycles. The average Bonchev–Trinajstić information content (AvgIpc) is 3.54. The Hall–Kier alpha value is -3.82. The number of phenolic OH excluding ortho intramolecular Hbond substituents is 1. The topological polar surface area (TPSA) is 157 Å². The monoisotopic (exact) mass is 518 g/mol. The number of aromatic hydroxyl groups is 1. The van der Waals surface area contributed by atoms with Crippen molar-refractivity contribution in [3.63, 3.8) is 0 Å². The third kappa shape index (κ3) is 3.45. The number of hydrogen-bond donors (Lipinski definition) is 5. The number of phenols is 1. The normalized spacial score (nSPS) is 27.4. The van der Waals surface area contributed by atoms with Gasteiger partial charge in [0.05, 0.1) is 6.54 Å². The van der Waals surface area contributed by atoms with Gasteiger partial charge in [0.1, 0.15) is 34.4 Å². The van der Waals surface area contributed by atoms with Crippen molar-refractivity contribution in [1.82, 2.24) is 4.90 Å². The van der Waals surface area contributed by atoms with Crippen LogP contribution in [0.5, 0.6) is 5.75 Å². The lowest BCUT2D eigenvalue weighted by Gasteiger charge is -2.47. The SMILES string of the molecule is C=C1C2=C(O)[C@]3(O)C(O)=C(C(N)=O)C(=O)C[C@@H]3CC2Cc2c(-c3ccc(CN4CCCC4)o3)ccc(O)c21. The van der Waals surface area contributed by atoms with Crippen LogP contribution in [0.25, 0.3) is 16.9 Å². The van der Waals surface area contributed by atoms with E-state index in [0.29, 0.717) is 23.3 Å². The number of aliphatic hydroxyl groups excluding tert-OH is 2. The van der Waals surface area contributed by atoms with Crippen molar-refractivity contribution in [3.8, 4) is 17.1 Å². The predicted molar refractivity (Wildman–Crippen MR) is 138 cm³/mol. The van der Waals surface area contributed by atoms with E-state index in [9.17, 15) is 30.0 Å². The van der Waals surface area contributed by atoms with Gasteiger partial charge in [-0.3, -0.25) is 14.5 Å². The Morgan fingerprint density at radius 3 is 2.55 bits per heavy atom. The summed E-state index contributed by atoms with van der Waals surface area (Å²) in [6.45, 7) is 6.97. The zero-order valence-corrected chi connectivity index (χ0v) is 20.9. The van der Waals surface area contributed by atoms with Gasteiger partial charge in [-0.2, -0.15) is 0 Å². The summed E-state index contributed by atoms with van der Waals surface area (Å²) in [6.07, 6.45) is 2.74. The molecule has 9 nitrogen and oxygen atoms in total.